The molecule has 0 unspecified atom stereocenters. The third kappa shape index (κ3) is 5.88. The number of hydrogen-bond acceptors (Lipinski definition) is 4. The summed E-state index contributed by atoms with van der Waals surface area (Å²) < 4.78 is 46.0. The smallest absolute Gasteiger partial charge is 0.416 e. The van der Waals surface area contributed by atoms with Crippen LogP contribution in [0.1, 0.15) is 21.6 Å². The Morgan fingerprint density at radius 3 is 2.41 bits per heavy atom. The number of methoxy groups -OCH3 is 1. The number of alkyl halides is 3. The Balaban J connectivity index is 1.82. The molecule has 6 nitrogen and oxygen atoms in total. The van der Waals surface area contributed by atoms with Gasteiger partial charge in [0.15, 0.2) is 5.69 Å². The van der Waals surface area contributed by atoms with E-state index in [1.165, 1.54) is 11.0 Å². The first-order chi connectivity index (χ1) is 15.2. The molecule has 170 valence electrons. The van der Waals surface area contributed by atoms with E-state index >= 15 is 0 Å². The quantitative estimate of drug-likeness (QED) is 0.523. The highest BCUT2D eigenvalue weighted by Gasteiger charge is 2.30. The molecule has 3 rings (SSSR count). The van der Waals surface area contributed by atoms with Gasteiger partial charge in [0.05, 0.1) is 18.4 Å². The molecule has 1 aromatic heterocycles. The molecule has 0 N–H and O–H groups in total. The van der Waals surface area contributed by atoms with Crippen LogP contribution < -0.4 is 4.74 Å². The molecule has 0 saturated carbocycles. The van der Waals surface area contributed by atoms with Gasteiger partial charge in [0.25, 0.3) is 5.91 Å². The predicted octanol–water partition coefficient (Wildman–Crippen LogP) is 4.10. The zero-order valence-electron chi connectivity index (χ0n) is 18.1. The van der Waals surface area contributed by atoms with Gasteiger partial charge in [-0.1, -0.05) is 12.1 Å². The van der Waals surface area contributed by atoms with Gasteiger partial charge in [-0.25, -0.2) is 4.68 Å². The number of carbonyl (C=O) groups is 1. The van der Waals surface area contributed by atoms with Crippen LogP contribution in [-0.4, -0.2) is 59.8 Å². The van der Waals surface area contributed by atoms with Crippen molar-refractivity contribution in [1.82, 2.24) is 19.6 Å². The van der Waals surface area contributed by atoms with Gasteiger partial charge in [-0.05, 0) is 62.1 Å². The van der Waals surface area contributed by atoms with Gasteiger partial charge in [0.1, 0.15) is 5.75 Å². The van der Waals surface area contributed by atoms with Crippen LogP contribution in [0.25, 0.3) is 5.69 Å². The zero-order chi connectivity index (χ0) is 23.3. The van der Waals surface area contributed by atoms with Crippen molar-refractivity contribution in [2.45, 2.75) is 12.7 Å². The molecular formula is C23H25F3N4O2. The Bertz CT molecular complexity index is 1050. The van der Waals surface area contributed by atoms with Crippen molar-refractivity contribution in [3.63, 3.8) is 0 Å². The van der Waals surface area contributed by atoms with E-state index in [-0.39, 0.29) is 18.1 Å². The molecule has 3 aromatic rings. The predicted molar refractivity (Wildman–Crippen MR) is 115 cm³/mol. The highest BCUT2D eigenvalue weighted by molar-refractivity contribution is 5.92. The van der Waals surface area contributed by atoms with Crippen molar-refractivity contribution in [2.75, 3.05) is 34.3 Å². The Kier molecular flexibility index (Phi) is 7.19. The second kappa shape index (κ2) is 9.86. The maximum Gasteiger partial charge on any atom is 0.416 e. The van der Waals surface area contributed by atoms with Gasteiger partial charge in [0, 0.05) is 25.8 Å². The van der Waals surface area contributed by atoms with Crippen LogP contribution in [0.5, 0.6) is 5.75 Å². The summed E-state index contributed by atoms with van der Waals surface area (Å²) in [7, 11) is 5.31. The summed E-state index contributed by atoms with van der Waals surface area (Å²) >= 11 is 0. The molecule has 0 fully saturated rings. The minimum absolute atomic E-state index is 0.0476. The van der Waals surface area contributed by atoms with Crippen molar-refractivity contribution >= 4 is 5.91 Å². The Hall–Kier alpha value is -3.33. The maximum absolute atomic E-state index is 13.2. The minimum atomic E-state index is -4.44. The molecule has 0 bridgehead atoms. The van der Waals surface area contributed by atoms with E-state index in [2.05, 4.69) is 5.10 Å². The molecule has 0 radical (unpaired) electrons. The first-order valence-electron chi connectivity index (χ1n) is 9.97. The highest BCUT2D eigenvalue weighted by atomic mass is 19.4. The molecule has 9 heteroatoms. The van der Waals surface area contributed by atoms with E-state index in [9.17, 15) is 18.0 Å². The molecule has 1 amide bonds. The molecule has 0 aliphatic rings. The fourth-order valence-corrected chi connectivity index (χ4v) is 3.12. The topological polar surface area (TPSA) is 50.6 Å². The Morgan fingerprint density at radius 2 is 1.78 bits per heavy atom. The second-order valence-electron chi connectivity index (χ2n) is 7.57. The van der Waals surface area contributed by atoms with Crippen LogP contribution in [0.3, 0.4) is 0 Å². The summed E-state index contributed by atoms with van der Waals surface area (Å²) in [4.78, 5) is 16.6. The lowest BCUT2D eigenvalue weighted by atomic mass is 10.1. The maximum atomic E-state index is 13.2. The number of halogens is 3. The van der Waals surface area contributed by atoms with E-state index < -0.39 is 11.7 Å². The van der Waals surface area contributed by atoms with Crippen LogP contribution in [0.2, 0.25) is 0 Å². The SMILES string of the molecule is COc1ccc(-n2ccc(C(=O)N(CCN(C)C)Cc3cccc(C(F)(F)F)c3)n2)cc1. The largest absolute Gasteiger partial charge is 0.497 e. The summed E-state index contributed by atoms with van der Waals surface area (Å²) in [5.41, 5.74) is 0.634. The number of carbonyl (C=O) groups excluding carboxylic acids is 1. The van der Waals surface area contributed by atoms with E-state index in [0.717, 1.165) is 17.8 Å². The number of likely N-dealkylation sites (N-methyl/N-ethyl adjacent to an activating group) is 1. The molecule has 32 heavy (non-hydrogen) atoms. The van der Waals surface area contributed by atoms with Crippen LogP contribution in [-0.2, 0) is 12.7 Å². The molecule has 0 aliphatic heterocycles. The first kappa shape index (κ1) is 23.3. The summed E-state index contributed by atoms with van der Waals surface area (Å²) in [6.45, 7) is 0.952. The number of hydrogen-bond donors (Lipinski definition) is 0. The van der Waals surface area contributed by atoms with E-state index in [4.69, 9.17) is 4.74 Å². The number of benzene rings is 2. The summed E-state index contributed by atoms with van der Waals surface area (Å²) in [5, 5.41) is 4.37. The summed E-state index contributed by atoms with van der Waals surface area (Å²) in [6, 6.07) is 13.8. The van der Waals surface area contributed by atoms with Crippen LogP contribution in [0.15, 0.2) is 60.8 Å². The van der Waals surface area contributed by atoms with Gasteiger partial charge in [0.2, 0.25) is 0 Å². The standard InChI is InChI=1S/C23H25F3N4O2/c1-28(2)13-14-29(16-17-5-4-6-18(15-17)23(24,25)26)22(31)21-11-12-30(27-21)19-7-9-20(32-3)10-8-19/h4-12,15H,13-14,16H2,1-3H3. The Morgan fingerprint density at radius 1 is 1.06 bits per heavy atom. The molecule has 1 heterocycles. The van der Waals surface area contributed by atoms with Gasteiger partial charge < -0.3 is 14.5 Å². The fraction of sp³-hybridized carbons (Fsp3) is 0.304. The number of nitrogens with zero attached hydrogens (tertiary/aromatic N) is 4. The number of ether oxygens (including phenoxy) is 1. The monoisotopic (exact) mass is 446 g/mol. The first-order valence-corrected chi connectivity index (χ1v) is 9.97. The van der Waals surface area contributed by atoms with Crippen molar-refractivity contribution < 1.29 is 22.7 Å². The molecule has 0 spiro atoms. The van der Waals surface area contributed by atoms with Crippen molar-refractivity contribution in [3.8, 4) is 11.4 Å². The van der Waals surface area contributed by atoms with Crippen molar-refractivity contribution in [2.24, 2.45) is 0 Å². The molecule has 0 saturated heterocycles. The van der Waals surface area contributed by atoms with E-state index in [0.29, 0.717) is 24.4 Å². The number of rotatable bonds is 8. The highest BCUT2D eigenvalue weighted by Crippen LogP contribution is 2.29. The summed E-state index contributed by atoms with van der Waals surface area (Å²) in [6.07, 6.45) is -2.77. The molecule has 2 aromatic carbocycles. The van der Waals surface area contributed by atoms with E-state index in [1.807, 2.05) is 31.1 Å². The third-order valence-electron chi connectivity index (χ3n) is 4.88. The summed E-state index contributed by atoms with van der Waals surface area (Å²) in [5.74, 6) is 0.352. The third-order valence-corrected chi connectivity index (χ3v) is 4.88. The van der Waals surface area contributed by atoms with Crippen LogP contribution in [0, 0.1) is 0 Å². The van der Waals surface area contributed by atoms with E-state index in [1.54, 1.807) is 42.3 Å². The zero-order valence-corrected chi connectivity index (χ0v) is 18.1. The lowest BCUT2D eigenvalue weighted by Gasteiger charge is -2.24. The molecule has 0 aliphatic carbocycles. The number of aromatic nitrogens is 2. The van der Waals surface area contributed by atoms with Crippen molar-refractivity contribution in [3.05, 3.63) is 77.6 Å². The minimum Gasteiger partial charge on any atom is -0.497 e. The van der Waals surface area contributed by atoms with Gasteiger partial charge in [-0.15, -0.1) is 0 Å². The average Bonchev–Trinajstić information content (AvgIpc) is 3.26. The molecule has 0 atom stereocenters. The second-order valence-corrected chi connectivity index (χ2v) is 7.57. The van der Waals surface area contributed by atoms with Crippen molar-refractivity contribution in [1.29, 1.82) is 0 Å². The van der Waals surface area contributed by atoms with Gasteiger partial charge in [-0.3, -0.25) is 4.79 Å². The fourth-order valence-electron chi connectivity index (χ4n) is 3.12. The lowest BCUT2D eigenvalue weighted by molar-refractivity contribution is -0.137. The lowest BCUT2D eigenvalue weighted by Crippen LogP contribution is -2.36. The average molecular weight is 446 g/mol. The number of amides is 1. The molecular weight excluding hydrogens is 421 g/mol. The normalized spacial score (nSPS) is 11.6. The van der Waals surface area contributed by atoms with Gasteiger partial charge >= 0.3 is 6.18 Å². The Labute approximate surface area is 184 Å². The van der Waals surface area contributed by atoms with Crippen LogP contribution >= 0.6 is 0 Å². The van der Waals surface area contributed by atoms with Gasteiger partial charge in [-0.2, -0.15) is 18.3 Å². The van der Waals surface area contributed by atoms with Crippen LogP contribution in [0.4, 0.5) is 13.2 Å².